The van der Waals surface area contributed by atoms with Crippen molar-refractivity contribution in [2.75, 3.05) is 31.1 Å². The van der Waals surface area contributed by atoms with E-state index < -0.39 is 5.60 Å². The zero-order chi connectivity index (χ0) is 20.1. The molecule has 1 amide bonds. The van der Waals surface area contributed by atoms with Gasteiger partial charge in [-0.25, -0.2) is 9.78 Å². The minimum Gasteiger partial charge on any atom is -0.444 e. The SMILES string of the molecule is CC1CCc2c(sc3nc(Cl)nc(N4CCN(C(=O)OC(C)(C)C)CC4)c23)C1. The summed E-state index contributed by atoms with van der Waals surface area (Å²) in [5, 5.41) is 1.46. The Morgan fingerprint density at radius 1 is 1.21 bits per heavy atom. The monoisotopic (exact) mass is 422 g/mol. The summed E-state index contributed by atoms with van der Waals surface area (Å²) in [5.41, 5.74) is 0.923. The Morgan fingerprint density at radius 3 is 2.61 bits per heavy atom. The lowest BCUT2D eigenvalue weighted by molar-refractivity contribution is 0.0240. The van der Waals surface area contributed by atoms with Crippen LogP contribution in [0.3, 0.4) is 0 Å². The van der Waals surface area contributed by atoms with E-state index in [0.717, 1.165) is 23.5 Å². The minimum atomic E-state index is -0.479. The molecule has 0 saturated carbocycles. The normalized spacial score (nSPS) is 20.4. The van der Waals surface area contributed by atoms with Gasteiger partial charge in [-0.15, -0.1) is 11.3 Å². The fourth-order valence-corrected chi connectivity index (χ4v) is 5.55. The van der Waals surface area contributed by atoms with Crippen LogP contribution in [0.1, 0.15) is 44.6 Å². The van der Waals surface area contributed by atoms with Gasteiger partial charge in [0.25, 0.3) is 0 Å². The van der Waals surface area contributed by atoms with Crippen LogP contribution in [0.2, 0.25) is 5.28 Å². The second-order valence-corrected chi connectivity index (χ2v) is 10.2. The van der Waals surface area contributed by atoms with Gasteiger partial charge in [0, 0.05) is 31.1 Å². The fourth-order valence-electron chi connectivity index (χ4n) is 3.95. The third kappa shape index (κ3) is 3.92. The Labute approximate surface area is 174 Å². The van der Waals surface area contributed by atoms with Gasteiger partial charge in [-0.05, 0) is 63.1 Å². The van der Waals surface area contributed by atoms with Crippen molar-refractivity contribution >= 4 is 45.1 Å². The number of rotatable bonds is 1. The summed E-state index contributed by atoms with van der Waals surface area (Å²) in [6, 6.07) is 0. The van der Waals surface area contributed by atoms with Crippen LogP contribution in [-0.2, 0) is 17.6 Å². The molecule has 1 fully saturated rings. The first-order valence-corrected chi connectivity index (χ1v) is 11.1. The van der Waals surface area contributed by atoms with Crippen molar-refractivity contribution in [2.45, 2.75) is 52.6 Å². The van der Waals surface area contributed by atoms with E-state index >= 15 is 0 Å². The molecule has 1 saturated heterocycles. The first-order chi connectivity index (χ1) is 13.2. The number of carbonyl (C=O) groups is 1. The average molecular weight is 423 g/mol. The number of nitrogens with zero attached hydrogens (tertiary/aromatic N) is 4. The van der Waals surface area contributed by atoms with Crippen LogP contribution in [0.4, 0.5) is 10.6 Å². The molecule has 2 aliphatic rings. The number of hydrogen-bond donors (Lipinski definition) is 0. The molecule has 1 aliphatic carbocycles. The molecule has 28 heavy (non-hydrogen) atoms. The zero-order valence-electron chi connectivity index (χ0n) is 16.9. The number of carbonyl (C=O) groups excluding carboxylic acids is 1. The van der Waals surface area contributed by atoms with E-state index in [4.69, 9.17) is 16.3 Å². The summed E-state index contributed by atoms with van der Waals surface area (Å²) in [5.74, 6) is 1.63. The van der Waals surface area contributed by atoms with Crippen LogP contribution in [-0.4, -0.2) is 52.7 Å². The van der Waals surface area contributed by atoms with Gasteiger partial charge in [-0.1, -0.05) is 6.92 Å². The topological polar surface area (TPSA) is 58.6 Å². The van der Waals surface area contributed by atoms with E-state index in [1.807, 2.05) is 20.8 Å². The third-order valence-corrected chi connectivity index (χ3v) is 6.66. The lowest BCUT2D eigenvalue weighted by Crippen LogP contribution is -2.50. The number of fused-ring (bicyclic) bond motifs is 3. The van der Waals surface area contributed by atoms with Crippen LogP contribution in [0.15, 0.2) is 0 Å². The smallest absolute Gasteiger partial charge is 0.410 e. The molecule has 0 N–H and O–H groups in total. The van der Waals surface area contributed by atoms with Crippen molar-refractivity contribution in [1.82, 2.24) is 14.9 Å². The predicted molar refractivity (Wildman–Crippen MR) is 114 cm³/mol. The minimum absolute atomic E-state index is 0.250. The number of thiophene rings is 1. The molecule has 2 aromatic heterocycles. The van der Waals surface area contributed by atoms with Gasteiger partial charge in [-0.3, -0.25) is 0 Å². The second-order valence-electron chi connectivity index (χ2n) is 8.80. The molecule has 0 radical (unpaired) electrons. The second kappa shape index (κ2) is 7.34. The Bertz CT molecular complexity index is 900. The molecule has 0 aromatic carbocycles. The molecule has 4 rings (SSSR count). The highest BCUT2D eigenvalue weighted by Crippen LogP contribution is 2.41. The van der Waals surface area contributed by atoms with Gasteiger partial charge in [0.05, 0.1) is 5.39 Å². The van der Waals surface area contributed by atoms with E-state index in [2.05, 4.69) is 21.8 Å². The van der Waals surface area contributed by atoms with E-state index in [-0.39, 0.29) is 6.09 Å². The quantitative estimate of drug-likeness (QED) is 0.632. The molecule has 2 aromatic rings. The zero-order valence-corrected chi connectivity index (χ0v) is 18.5. The number of anilines is 1. The summed E-state index contributed by atoms with van der Waals surface area (Å²) < 4.78 is 5.50. The fraction of sp³-hybridized carbons (Fsp3) is 0.650. The highest BCUT2D eigenvalue weighted by Gasteiger charge is 2.30. The van der Waals surface area contributed by atoms with Crippen molar-refractivity contribution in [3.63, 3.8) is 0 Å². The molecule has 3 heterocycles. The largest absolute Gasteiger partial charge is 0.444 e. The maximum absolute atomic E-state index is 12.3. The van der Waals surface area contributed by atoms with Crippen LogP contribution >= 0.6 is 22.9 Å². The number of piperazine rings is 1. The molecule has 6 nitrogen and oxygen atoms in total. The first kappa shape index (κ1) is 19.7. The number of halogens is 1. The van der Waals surface area contributed by atoms with E-state index in [0.29, 0.717) is 37.4 Å². The Balaban J connectivity index is 1.58. The van der Waals surface area contributed by atoms with E-state index in [1.165, 1.54) is 22.2 Å². The summed E-state index contributed by atoms with van der Waals surface area (Å²) >= 11 is 8.02. The van der Waals surface area contributed by atoms with E-state index in [9.17, 15) is 4.79 Å². The molecule has 8 heteroatoms. The van der Waals surface area contributed by atoms with Crippen LogP contribution in [0.25, 0.3) is 10.2 Å². The molecule has 1 atom stereocenters. The third-order valence-electron chi connectivity index (χ3n) is 5.34. The van der Waals surface area contributed by atoms with Gasteiger partial charge in [0.15, 0.2) is 0 Å². The van der Waals surface area contributed by atoms with Gasteiger partial charge in [0.2, 0.25) is 5.28 Å². The number of aromatic nitrogens is 2. The van der Waals surface area contributed by atoms with Crippen molar-refractivity contribution in [3.05, 3.63) is 15.7 Å². The van der Waals surface area contributed by atoms with E-state index in [1.54, 1.807) is 16.2 Å². The Kier molecular flexibility index (Phi) is 5.16. The molecular weight excluding hydrogens is 396 g/mol. The van der Waals surface area contributed by atoms with Gasteiger partial charge >= 0.3 is 6.09 Å². The van der Waals surface area contributed by atoms with Crippen molar-refractivity contribution < 1.29 is 9.53 Å². The van der Waals surface area contributed by atoms with Gasteiger partial charge in [0.1, 0.15) is 16.2 Å². The molecule has 0 bridgehead atoms. The van der Waals surface area contributed by atoms with Crippen LogP contribution < -0.4 is 4.90 Å². The summed E-state index contributed by atoms with van der Waals surface area (Å²) in [6.07, 6.45) is 3.14. The lowest BCUT2D eigenvalue weighted by Gasteiger charge is -2.36. The van der Waals surface area contributed by atoms with Crippen LogP contribution in [0.5, 0.6) is 0 Å². The predicted octanol–water partition coefficient (Wildman–Crippen LogP) is 4.53. The highest BCUT2D eigenvalue weighted by atomic mass is 35.5. The van der Waals surface area contributed by atoms with Crippen molar-refractivity contribution in [2.24, 2.45) is 5.92 Å². The first-order valence-electron chi connectivity index (χ1n) is 9.92. The van der Waals surface area contributed by atoms with Gasteiger partial charge < -0.3 is 14.5 Å². The summed E-state index contributed by atoms with van der Waals surface area (Å²) in [7, 11) is 0. The molecule has 152 valence electrons. The molecule has 0 spiro atoms. The van der Waals surface area contributed by atoms with Gasteiger partial charge in [-0.2, -0.15) is 4.98 Å². The highest BCUT2D eigenvalue weighted by molar-refractivity contribution is 7.19. The number of aryl methyl sites for hydroxylation is 1. The maximum Gasteiger partial charge on any atom is 0.410 e. The number of amides is 1. The number of ether oxygens (including phenoxy) is 1. The summed E-state index contributed by atoms with van der Waals surface area (Å²) in [6.45, 7) is 10.6. The standard InChI is InChI=1S/C20H27ClN4O2S/c1-12-5-6-13-14(11-12)28-17-15(13)16(22-18(21)23-17)24-7-9-25(10-8-24)19(26)27-20(2,3)4/h12H,5-11H2,1-4H3. The Hall–Kier alpha value is -1.60. The molecule has 1 aliphatic heterocycles. The van der Waals surface area contributed by atoms with Crippen LogP contribution in [0, 0.1) is 5.92 Å². The lowest BCUT2D eigenvalue weighted by atomic mass is 9.89. The average Bonchev–Trinajstić information content (AvgIpc) is 2.96. The van der Waals surface area contributed by atoms with Crippen molar-refractivity contribution in [1.29, 1.82) is 0 Å². The summed E-state index contributed by atoms with van der Waals surface area (Å²) in [4.78, 5) is 27.9. The molecular formula is C20H27ClN4O2S. The Morgan fingerprint density at radius 2 is 1.93 bits per heavy atom. The van der Waals surface area contributed by atoms with Crippen molar-refractivity contribution in [3.8, 4) is 0 Å². The molecule has 1 unspecified atom stereocenters. The number of hydrogen-bond acceptors (Lipinski definition) is 6. The maximum atomic E-state index is 12.3.